The molecule has 3 nitrogen and oxygen atoms in total. The van der Waals surface area contributed by atoms with Crippen molar-refractivity contribution in [2.45, 2.75) is 25.8 Å². The monoisotopic (exact) mass is 313 g/mol. The van der Waals surface area contributed by atoms with Gasteiger partial charge in [0.05, 0.1) is 13.2 Å². The van der Waals surface area contributed by atoms with Crippen LogP contribution in [-0.4, -0.2) is 30.9 Å². The smallest absolute Gasteiger partial charge is 0.206 e. The second kappa shape index (κ2) is 8.14. The molecule has 0 aliphatic rings. The highest BCUT2D eigenvalue weighted by Crippen LogP contribution is 2.29. The maximum absolute atomic E-state index is 13.3. The number of rotatable bonds is 8. The molecular weight excluding hydrogens is 297 g/mol. The molecule has 1 atom stereocenters. The molecule has 0 heterocycles. The molecule has 120 valence electrons. The largest absolute Gasteiger partial charge is 0.487 e. The predicted molar refractivity (Wildman–Crippen MR) is 65.5 cm³/mol. The Kier molecular flexibility index (Phi) is 6.83. The Hall–Kier alpha value is -1.41. The van der Waals surface area contributed by atoms with Crippen LogP contribution >= 0.6 is 0 Å². The molecule has 1 aromatic rings. The Morgan fingerprint density at radius 3 is 2.00 bits per heavy atom. The Balaban J connectivity index is 2.72. The summed E-state index contributed by atoms with van der Waals surface area (Å²) in [5.74, 6) is -11.6. The van der Waals surface area contributed by atoms with Crippen molar-refractivity contribution in [3.8, 4) is 5.75 Å². The van der Waals surface area contributed by atoms with Gasteiger partial charge in [0.15, 0.2) is 5.75 Å². The van der Waals surface area contributed by atoms with E-state index in [0.29, 0.717) is 6.54 Å². The summed E-state index contributed by atoms with van der Waals surface area (Å²) in [6.07, 6.45) is 0.963. The van der Waals surface area contributed by atoms with Crippen molar-refractivity contribution in [2.24, 2.45) is 0 Å². The van der Waals surface area contributed by atoms with Gasteiger partial charge in [-0.05, 0) is 19.4 Å². The van der Waals surface area contributed by atoms with E-state index in [-0.39, 0.29) is 25.7 Å². The number of benzene rings is 1. The van der Waals surface area contributed by atoms with Crippen LogP contribution in [0.5, 0.6) is 5.75 Å². The first-order valence-corrected chi connectivity index (χ1v) is 6.42. The van der Waals surface area contributed by atoms with Crippen molar-refractivity contribution < 1.29 is 31.8 Å². The second-order valence-corrected chi connectivity index (χ2v) is 4.37. The predicted octanol–water partition coefficient (Wildman–Crippen LogP) is 2.51. The van der Waals surface area contributed by atoms with Crippen LogP contribution < -0.4 is 10.1 Å². The first kappa shape index (κ1) is 17.6. The standard InChI is InChI=1S/C13H16F5NO2/c1-2-4-19-7(6-20)3-5-21-13-11(17)9(15)8(14)10(16)12(13)18/h7,19-20H,2-6H2,1H3. The Morgan fingerprint density at radius 1 is 1.00 bits per heavy atom. The molecule has 0 aliphatic carbocycles. The third-order valence-corrected chi connectivity index (χ3v) is 2.79. The van der Waals surface area contributed by atoms with Crippen LogP contribution in [0.2, 0.25) is 0 Å². The van der Waals surface area contributed by atoms with Gasteiger partial charge in [0.1, 0.15) is 0 Å². The van der Waals surface area contributed by atoms with Crippen LogP contribution in [-0.2, 0) is 0 Å². The van der Waals surface area contributed by atoms with E-state index in [9.17, 15) is 22.0 Å². The van der Waals surface area contributed by atoms with Gasteiger partial charge in [-0.15, -0.1) is 0 Å². The average Bonchev–Trinajstić information content (AvgIpc) is 2.49. The van der Waals surface area contributed by atoms with Crippen molar-refractivity contribution in [1.29, 1.82) is 0 Å². The lowest BCUT2D eigenvalue weighted by molar-refractivity contribution is 0.199. The number of hydrogen-bond donors (Lipinski definition) is 2. The molecule has 0 saturated heterocycles. The molecule has 0 saturated carbocycles. The third-order valence-electron chi connectivity index (χ3n) is 2.79. The first-order valence-electron chi connectivity index (χ1n) is 6.42. The molecule has 1 rings (SSSR count). The maximum atomic E-state index is 13.3. The van der Waals surface area contributed by atoms with E-state index in [1.54, 1.807) is 0 Å². The molecule has 8 heteroatoms. The van der Waals surface area contributed by atoms with Crippen LogP contribution in [0.15, 0.2) is 0 Å². The second-order valence-electron chi connectivity index (χ2n) is 4.37. The minimum Gasteiger partial charge on any atom is -0.487 e. The fourth-order valence-corrected chi connectivity index (χ4v) is 1.62. The van der Waals surface area contributed by atoms with Crippen molar-refractivity contribution in [2.75, 3.05) is 19.8 Å². The van der Waals surface area contributed by atoms with Gasteiger partial charge >= 0.3 is 0 Å². The minimum absolute atomic E-state index is 0.149. The Bertz CT molecular complexity index is 455. The van der Waals surface area contributed by atoms with E-state index in [4.69, 9.17) is 5.11 Å². The molecule has 0 amide bonds. The molecule has 2 N–H and O–H groups in total. The number of halogens is 5. The summed E-state index contributed by atoms with van der Waals surface area (Å²) in [6, 6.07) is -0.383. The van der Waals surface area contributed by atoms with Gasteiger partial charge < -0.3 is 15.2 Å². The fourth-order valence-electron chi connectivity index (χ4n) is 1.62. The summed E-state index contributed by atoms with van der Waals surface area (Å²) in [5.41, 5.74) is 0. The SMILES string of the molecule is CCCNC(CO)CCOc1c(F)c(F)c(F)c(F)c1F. The molecular formula is C13H16F5NO2. The molecule has 0 spiro atoms. The van der Waals surface area contributed by atoms with Crippen molar-refractivity contribution in [3.63, 3.8) is 0 Å². The third kappa shape index (κ3) is 4.28. The van der Waals surface area contributed by atoms with Gasteiger partial charge in [-0.2, -0.15) is 8.78 Å². The summed E-state index contributed by atoms with van der Waals surface area (Å²) >= 11 is 0. The van der Waals surface area contributed by atoms with Gasteiger partial charge in [-0.1, -0.05) is 6.92 Å². The molecule has 0 radical (unpaired) electrons. The quantitative estimate of drug-likeness (QED) is 0.440. The van der Waals surface area contributed by atoms with Gasteiger partial charge in [0.2, 0.25) is 29.1 Å². The number of nitrogens with one attached hydrogen (secondary N) is 1. The van der Waals surface area contributed by atoms with E-state index >= 15 is 0 Å². The lowest BCUT2D eigenvalue weighted by Crippen LogP contribution is -2.34. The molecule has 0 bridgehead atoms. The Morgan fingerprint density at radius 2 is 1.52 bits per heavy atom. The van der Waals surface area contributed by atoms with Gasteiger partial charge in [0.25, 0.3) is 0 Å². The zero-order valence-electron chi connectivity index (χ0n) is 11.4. The number of hydrogen-bond acceptors (Lipinski definition) is 3. The van der Waals surface area contributed by atoms with Crippen molar-refractivity contribution in [3.05, 3.63) is 29.1 Å². The summed E-state index contributed by atoms with van der Waals surface area (Å²) < 4.78 is 69.9. The van der Waals surface area contributed by atoms with Gasteiger partial charge in [-0.25, -0.2) is 13.2 Å². The molecule has 1 unspecified atom stereocenters. The van der Waals surface area contributed by atoms with Gasteiger partial charge in [-0.3, -0.25) is 0 Å². The molecule has 0 aromatic heterocycles. The topological polar surface area (TPSA) is 41.5 Å². The number of ether oxygens (including phenoxy) is 1. The summed E-state index contributed by atoms with van der Waals surface area (Å²) in [4.78, 5) is 0. The van der Waals surface area contributed by atoms with E-state index < -0.39 is 34.8 Å². The van der Waals surface area contributed by atoms with Crippen molar-refractivity contribution >= 4 is 0 Å². The highest BCUT2D eigenvalue weighted by molar-refractivity contribution is 5.29. The first-order chi connectivity index (χ1) is 9.93. The fraction of sp³-hybridized carbons (Fsp3) is 0.538. The van der Waals surface area contributed by atoms with Gasteiger partial charge in [0, 0.05) is 6.04 Å². The van der Waals surface area contributed by atoms with Crippen molar-refractivity contribution in [1.82, 2.24) is 5.32 Å². The molecule has 1 aromatic carbocycles. The van der Waals surface area contributed by atoms with E-state index in [1.165, 1.54) is 0 Å². The number of aliphatic hydroxyl groups excluding tert-OH is 1. The maximum Gasteiger partial charge on any atom is 0.206 e. The summed E-state index contributed by atoms with van der Waals surface area (Å²) in [6.45, 7) is 1.99. The van der Waals surface area contributed by atoms with E-state index in [0.717, 1.165) is 6.42 Å². The lowest BCUT2D eigenvalue weighted by atomic mass is 10.2. The van der Waals surface area contributed by atoms with Crippen LogP contribution in [0.25, 0.3) is 0 Å². The summed E-state index contributed by atoms with van der Waals surface area (Å²) in [5, 5.41) is 12.0. The average molecular weight is 313 g/mol. The normalized spacial score (nSPS) is 12.5. The van der Waals surface area contributed by atoms with Crippen LogP contribution in [0, 0.1) is 29.1 Å². The summed E-state index contributed by atoms with van der Waals surface area (Å²) in [7, 11) is 0. The lowest BCUT2D eigenvalue weighted by Gasteiger charge is -2.16. The zero-order valence-corrected chi connectivity index (χ0v) is 11.4. The molecule has 0 fully saturated rings. The zero-order chi connectivity index (χ0) is 16.0. The highest BCUT2D eigenvalue weighted by Gasteiger charge is 2.27. The minimum atomic E-state index is -2.23. The highest BCUT2D eigenvalue weighted by atomic mass is 19.2. The molecule has 21 heavy (non-hydrogen) atoms. The van der Waals surface area contributed by atoms with Crippen LogP contribution in [0.4, 0.5) is 22.0 Å². The van der Waals surface area contributed by atoms with E-state index in [2.05, 4.69) is 10.1 Å². The van der Waals surface area contributed by atoms with Crippen LogP contribution in [0.1, 0.15) is 19.8 Å². The van der Waals surface area contributed by atoms with Crippen LogP contribution in [0.3, 0.4) is 0 Å². The molecule has 0 aliphatic heterocycles. The number of aliphatic hydroxyl groups is 1. The Labute approximate surface area is 118 Å². The van der Waals surface area contributed by atoms with E-state index in [1.807, 2.05) is 6.92 Å².